The lowest BCUT2D eigenvalue weighted by atomic mass is 9.86. The number of carbonyl (C=O) groups excluding carboxylic acids is 3. The fourth-order valence-corrected chi connectivity index (χ4v) is 5.15. The van der Waals surface area contributed by atoms with Gasteiger partial charge in [0.2, 0.25) is 5.91 Å². The highest BCUT2D eigenvalue weighted by molar-refractivity contribution is 5.95. The lowest BCUT2D eigenvalue weighted by Crippen LogP contribution is -2.55. The molecule has 3 unspecified atom stereocenters. The number of hydrogen-bond acceptors (Lipinski definition) is 4. The summed E-state index contributed by atoms with van der Waals surface area (Å²) in [6.45, 7) is 5.79. The van der Waals surface area contributed by atoms with Gasteiger partial charge >= 0.3 is 6.03 Å². The van der Waals surface area contributed by atoms with Crippen LogP contribution in [0, 0.1) is 11.2 Å². The molecule has 0 saturated carbocycles. The van der Waals surface area contributed by atoms with Crippen molar-refractivity contribution in [1.82, 2.24) is 15.8 Å². The van der Waals surface area contributed by atoms with Gasteiger partial charge in [0.1, 0.15) is 17.6 Å². The van der Waals surface area contributed by atoms with Crippen molar-refractivity contribution in [1.29, 1.82) is 0 Å². The number of ether oxygens (including phenoxy) is 1. The van der Waals surface area contributed by atoms with Crippen molar-refractivity contribution in [3.63, 3.8) is 0 Å². The molecular formula is C32H37FN4O4. The van der Waals surface area contributed by atoms with Crippen molar-refractivity contribution >= 4 is 23.5 Å². The van der Waals surface area contributed by atoms with Crippen molar-refractivity contribution in [3.05, 3.63) is 95.8 Å². The topological polar surface area (TPSA) is 99.8 Å². The van der Waals surface area contributed by atoms with Gasteiger partial charge in [-0.1, -0.05) is 75.4 Å². The highest BCUT2D eigenvalue weighted by atomic mass is 19.1. The Morgan fingerprint density at radius 1 is 0.951 bits per heavy atom. The van der Waals surface area contributed by atoms with Gasteiger partial charge in [-0.2, -0.15) is 0 Å². The second-order valence-electron chi connectivity index (χ2n) is 11.5. The van der Waals surface area contributed by atoms with Crippen LogP contribution in [0.2, 0.25) is 0 Å². The molecule has 4 rings (SSSR count). The summed E-state index contributed by atoms with van der Waals surface area (Å²) in [7, 11) is 1.50. The van der Waals surface area contributed by atoms with Crippen LogP contribution in [0.1, 0.15) is 63.1 Å². The number of nitrogens with one attached hydrogen (secondary N) is 3. The molecule has 1 heterocycles. The Kier molecular flexibility index (Phi) is 9.27. The SMILES string of the molecule is COc1ccccc1NC(=O)NC1CC(c2ccccc2)CC(c2cccc(F)c2)N(NC(=O)CC(C)(C)C)C1=O. The van der Waals surface area contributed by atoms with Crippen LogP contribution in [0.15, 0.2) is 78.9 Å². The summed E-state index contributed by atoms with van der Waals surface area (Å²) in [6.07, 6.45) is 0.849. The first-order chi connectivity index (χ1) is 19.5. The number of anilines is 1. The second kappa shape index (κ2) is 12.8. The maximum atomic E-state index is 14.4. The molecule has 0 aromatic heterocycles. The maximum absolute atomic E-state index is 14.4. The minimum absolute atomic E-state index is 0.168. The van der Waals surface area contributed by atoms with E-state index >= 15 is 0 Å². The van der Waals surface area contributed by atoms with Gasteiger partial charge in [-0.15, -0.1) is 0 Å². The average molecular weight is 561 g/mol. The molecule has 1 aliphatic rings. The normalized spacial score (nSPS) is 19.2. The van der Waals surface area contributed by atoms with Crippen molar-refractivity contribution in [3.8, 4) is 5.75 Å². The number of urea groups is 1. The zero-order valence-corrected chi connectivity index (χ0v) is 23.8. The van der Waals surface area contributed by atoms with Crippen LogP contribution >= 0.6 is 0 Å². The highest BCUT2D eigenvalue weighted by Gasteiger charge is 2.40. The number of hydrogen-bond donors (Lipinski definition) is 3. The Hall–Kier alpha value is -4.40. The molecule has 41 heavy (non-hydrogen) atoms. The predicted molar refractivity (Wildman–Crippen MR) is 156 cm³/mol. The summed E-state index contributed by atoms with van der Waals surface area (Å²) in [5.41, 5.74) is 4.45. The number of amides is 4. The van der Waals surface area contributed by atoms with Crippen molar-refractivity contribution in [2.75, 3.05) is 12.4 Å². The summed E-state index contributed by atoms with van der Waals surface area (Å²) in [5, 5.41) is 6.86. The molecule has 0 aliphatic carbocycles. The average Bonchev–Trinajstić information content (AvgIpc) is 3.05. The largest absolute Gasteiger partial charge is 0.495 e. The molecule has 3 aromatic carbocycles. The summed E-state index contributed by atoms with van der Waals surface area (Å²) in [6, 6.07) is 20.4. The van der Waals surface area contributed by atoms with Gasteiger partial charge in [-0.05, 0) is 59.6 Å². The molecule has 216 valence electrons. The van der Waals surface area contributed by atoms with Crippen LogP contribution in [0.3, 0.4) is 0 Å². The van der Waals surface area contributed by atoms with Crippen molar-refractivity contribution < 1.29 is 23.5 Å². The minimum atomic E-state index is -0.983. The van der Waals surface area contributed by atoms with Gasteiger partial charge in [-0.3, -0.25) is 15.0 Å². The number of carbonyl (C=O) groups is 3. The monoisotopic (exact) mass is 560 g/mol. The second-order valence-corrected chi connectivity index (χ2v) is 11.5. The third-order valence-corrected chi connectivity index (χ3v) is 6.98. The van der Waals surface area contributed by atoms with Gasteiger partial charge in [-0.25, -0.2) is 14.2 Å². The number of rotatable bonds is 7. The molecule has 1 saturated heterocycles. The van der Waals surface area contributed by atoms with E-state index in [2.05, 4.69) is 16.1 Å². The van der Waals surface area contributed by atoms with Gasteiger partial charge in [0, 0.05) is 6.42 Å². The Labute approximate surface area is 240 Å². The van der Waals surface area contributed by atoms with E-state index in [-0.39, 0.29) is 30.1 Å². The Morgan fingerprint density at radius 3 is 2.32 bits per heavy atom. The molecule has 9 heteroatoms. The van der Waals surface area contributed by atoms with Crippen LogP contribution < -0.4 is 20.8 Å². The van der Waals surface area contributed by atoms with E-state index in [1.807, 2.05) is 51.1 Å². The molecule has 1 fully saturated rings. The highest BCUT2D eigenvalue weighted by Crippen LogP contribution is 2.39. The van der Waals surface area contributed by atoms with E-state index in [0.717, 1.165) is 5.56 Å². The molecule has 3 aromatic rings. The zero-order valence-electron chi connectivity index (χ0n) is 23.8. The minimum Gasteiger partial charge on any atom is -0.495 e. The summed E-state index contributed by atoms with van der Waals surface area (Å²) >= 11 is 0. The van der Waals surface area contributed by atoms with Gasteiger partial charge < -0.3 is 15.4 Å². The van der Waals surface area contributed by atoms with E-state index < -0.39 is 29.8 Å². The van der Waals surface area contributed by atoms with Crippen LogP contribution in [0.5, 0.6) is 5.75 Å². The Balaban J connectivity index is 1.71. The lowest BCUT2D eigenvalue weighted by Gasteiger charge is -2.33. The number of benzene rings is 3. The molecular weight excluding hydrogens is 523 g/mol. The van der Waals surface area contributed by atoms with Crippen LogP contribution in [-0.4, -0.2) is 36.0 Å². The number of para-hydroxylation sites is 2. The number of hydrazine groups is 1. The zero-order chi connectivity index (χ0) is 29.6. The van der Waals surface area contributed by atoms with E-state index in [1.165, 1.54) is 24.3 Å². The molecule has 1 aliphatic heterocycles. The quantitative estimate of drug-likeness (QED) is 0.333. The molecule has 8 nitrogen and oxygen atoms in total. The van der Waals surface area contributed by atoms with E-state index in [4.69, 9.17) is 4.74 Å². The molecule has 3 atom stereocenters. The number of nitrogens with zero attached hydrogens (tertiary/aromatic N) is 1. The van der Waals surface area contributed by atoms with E-state index in [0.29, 0.717) is 23.4 Å². The molecule has 3 N–H and O–H groups in total. The molecule has 4 amide bonds. The van der Waals surface area contributed by atoms with Gasteiger partial charge in [0.05, 0.1) is 18.8 Å². The van der Waals surface area contributed by atoms with Gasteiger partial charge in [0.15, 0.2) is 0 Å². The molecule has 0 radical (unpaired) electrons. The number of halogens is 1. The summed E-state index contributed by atoms with van der Waals surface area (Å²) in [4.78, 5) is 40.5. The Bertz CT molecular complexity index is 1380. The summed E-state index contributed by atoms with van der Waals surface area (Å²) in [5.74, 6) is -0.992. The third kappa shape index (κ3) is 7.84. The standard InChI is InChI=1S/C32H37FN4O4/c1-32(2,3)20-29(38)36-37-27(22-13-10-14-24(33)17-22)19-23(21-11-6-5-7-12-21)18-26(30(37)39)35-31(40)34-25-15-8-9-16-28(25)41-4/h5-17,23,26-27H,18-20H2,1-4H3,(H,36,38)(H2,34,35,40). The first-order valence-corrected chi connectivity index (χ1v) is 13.7. The first kappa shape index (κ1) is 29.6. The van der Waals surface area contributed by atoms with Crippen molar-refractivity contribution in [2.45, 2.75) is 58.0 Å². The van der Waals surface area contributed by atoms with Crippen LogP contribution in [-0.2, 0) is 9.59 Å². The smallest absolute Gasteiger partial charge is 0.319 e. The van der Waals surface area contributed by atoms with E-state index in [1.54, 1.807) is 36.4 Å². The number of methoxy groups -OCH3 is 1. The first-order valence-electron chi connectivity index (χ1n) is 13.7. The van der Waals surface area contributed by atoms with Crippen LogP contribution in [0.25, 0.3) is 0 Å². The molecule has 0 bridgehead atoms. The fraction of sp³-hybridized carbons (Fsp3) is 0.344. The maximum Gasteiger partial charge on any atom is 0.319 e. The molecule has 0 spiro atoms. The third-order valence-electron chi connectivity index (χ3n) is 6.98. The van der Waals surface area contributed by atoms with Crippen molar-refractivity contribution in [2.24, 2.45) is 5.41 Å². The summed E-state index contributed by atoms with van der Waals surface area (Å²) < 4.78 is 19.7. The van der Waals surface area contributed by atoms with E-state index in [9.17, 15) is 18.8 Å². The Morgan fingerprint density at radius 2 is 1.63 bits per heavy atom. The van der Waals surface area contributed by atoms with Gasteiger partial charge in [0.25, 0.3) is 5.91 Å². The lowest BCUT2D eigenvalue weighted by molar-refractivity contribution is -0.146. The van der Waals surface area contributed by atoms with Crippen LogP contribution in [0.4, 0.5) is 14.9 Å². The predicted octanol–water partition coefficient (Wildman–Crippen LogP) is 5.94. The fourth-order valence-electron chi connectivity index (χ4n) is 5.15.